The number of benzene rings is 1. The first-order chi connectivity index (χ1) is 13.0. The summed E-state index contributed by atoms with van der Waals surface area (Å²) >= 11 is 0. The minimum Gasteiger partial charge on any atom is -0.369 e. The Labute approximate surface area is 160 Å². The number of nitrogens with two attached hydrogens (primary N) is 2. The topological polar surface area (TPSA) is 97.8 Å². The summed E-state index contributed by atoms with van der Waals surface area (Å²) in [6.07, 6.45) is 1.76. The van der Waals surface area contributed by atoms with Gasteiger partial charge in [-0.05, 0) is 51.2 Å². The lowest BCUT2D eigenvalue weighted by atomic mass is 10.1. The van der Waals surface area contributed by atoms with Crippen molar-refractivity contribution in [2.75, 3.05) is 19.6 Å². The van der Waals surface area contributed by atoms with Crippen molar-refractivity contribution in [3.05, 3.63) is 47.3 Å². The van der Waals surface area contributed by atoms with Crippen LogP contribution in [0, 0.1) is 18.8 Å². The molecule has 2 aromatic rings. The summed E-state index contributed by atoms with van der Waals surface area (Å²) < 4.78 is 1.86. The molecule has 0 unspecified atom stereocenters. The predicted octanol–water partition coefficient (Wildman–Crippen LogP) is 1.87. The first kappa shape index (κ1) is 20.2. The number of hydrogen-bond acceptors (Lipinski definition) is 4. The molecule has 0 radical (unpaired) electrons. The second-order valence-corrected chi connectivity index (χ2v) is 6.08. The Hall–Kier alpha value is -3.11. The Kier molecular flexibility index (Phi) is 7.15. The van der Waals surface area contributed by atoms with Gasteiger partial charge in [-0.25, -0.2) is 4.68 Å². The van der Waals surface area contributed by atoms with Gasteiger partial charge in [0.1, 0.15) is 0 Å². The van der Waals surface area contributed by atoms with E-state index in [9.17, 15) is 0 Å². The van der Waals surface area contributed by atoms with E-state index in [4.69, 9.17) is 11.5 Å². The number of nitrogens with zero attached hydrogens (tertiary/aromatic N) is 5. The van der Waals surface area contributed by atoms with Crippen molar-refractivity contribution in [1.82, 2.24) is 14.7 Å². The van der Waals surface area contributed by atoms with Crippen LogP contribution >= 0.6 is 0 Å². The molecule has 1 heterocycles. The minimum absolute atomic E-state index is 0.0721. The first-order valence-corrected chi connectivity index (χ1v) is 8.96. The highest BCUT2D eigenvalue weighted by molar-refractivity contribution is 5.99. The van der Waals surface area contributed by atoms with Gasteiger partial charge < -0.3 is 11.5 Å². The van der Waals surface area contributed by atoms with Gasteiger partial charge in [-0.3, -0.25) is 4.90 Å². The zero-order chi connectivity index (χ0) is 19.8. The Morgan fingerprint density at radius 2 is 1.81 bits per heavy atom. The van der Waals surface area contributed by atoms with E-state index in [0.29, 0.717) is 5.71 Å². The minimum atomic E-state index is -0.0721. The van der Waals surface area contributed by atoms with Gasteiger partial charge in [0.05, 0.1) is 29.8 Å². The van der Waals surface area contributed by atoms with Gasteiger partial charge in [0.25, 0.3) is 0 Å². The second-order valence-electron chi connectivity index (χ2n) is 6.08. The van der Waals surface area contributed by atoms with Crippen molar-refractivity contribution in [3.63, 3.8) is 0 Å². The highest BCUT2D eigenvalue weighted by Crippen LogP contribution is 2.15. The van der Waals surface area contributed by atoms with Crippen molar-refractivity contribution in [2.24, 2.45) is 21.7 Å². The van der Waals surface area contributed by atoms with Crippen molar-refractivity contribution in [3.8, 4) is 17.5 Å². The zero-order valence-corrected chi connectivity index (χ0v) is 16.4. The molecule has 0 atom stereocenters. The van der Waals surface area contributed by atoms with E-state index >= 15 is 0 Å². The van der Waals surface area contributed by atoms with Crippen molar-refractivity contribution in [2.45, 2.75) is 27.7 Å². The van der Waals surface area contributed by atoms with Crippen molar-refractivity contribution in [1.29, 1.82) is 0 Å². The Morgan fingerprint density at radius 1 is 1.15 bits per heavy atom. The maximum atomic E-state index is 5.32. The van der Waals surface area contributed by atoms with Crippen molar-refractivity contribution >= 4 is 11.7 Å². The molecule has 1 aromatic heterocycles. The van der Waals surface area contributed by atoms with Crippen LogP contribution in [0.4, 0.5) is 0 Å². The standard InChI is InChI=1S/C20H27N7/c1-5-26(6-2)13-7-8-17-9-11-18(12-10-17)27-16(4)19(14-23-27)15(3)24-25-20(21)22/h9-12,14H,5-6,13H2,1-4H3,(H4,21,22,25)/b24-15+. The maximum Gasteiger partial charge on any atom is 0.211 e. The van der Waals surface area contributed by atoms with Gasteiger partial charge in [-0.2, -0.15) is 10.2 Å². The molecular weight excluding hydrogens is 338 g/mol. The molecule has 0 saturated carbocycles. The molecule has 27 heavy (non-hydrogen) atoms. The lowest BCUT2D eigenvalue weighted by Gasteiger charge is -2.13. The monoisotopic (exact) mass is 365 g/mol. The van der Waals surface area contributed by atoms with E-state index < -0.39 is 0 Å². The summed E-state index contributed by atoms with van der Waals surface area (Å²) in [4.78, 5) is 2.28. The Morgan fingerprint density at radius 3 is 2.41 bits per heavy atom. The van der Waals surface area contributed by atoms with E-state index in [-0.39, 0.29) is 5.96 Å². The number of aromatic nitrogens is 2. The van der Waals surface area contributed by atoms with Gasteiger partial charge in [0, 0.05) is 11.1 Å². The molecule has 142 valence electrons. The van der Waals surface area contributed by atoms with Crippen LogP contribution < -0.4 is 11.5 Å². The predicted molar refractivity (Wildman–Crippen MR) is 111 cm³/mol. The highest BCUT2D eigenvalue weighted by Gasteiger charge is 2.10. The molecule has 0 fully saturated rings. The van der Waals surface area contributed by atoms with Crippen LogP contribution in [0.3, 0.4) is 0 Å². The van der Waals surface area contributed by atoms with Crippen LogP contribution in [0.25, 0.3) is 5.69 Å². The Balaban J connectivity index is 2.18. The molecule has 7 heteroatoms. The van der Waals surface area contributed by atoms with Crippen LogP contribution in [0.1, 0.15) is 37.6 Å². The smallest absolute Gasteiger partial charge is 0.211 e. The third kappa shape index (κ3) is 5.43. The van der Waals surface area contributed by atoms with E-state index in [2.05, 4.69) is 45.9 Å². The number of guanidine groups is 1. The number of rotatable bonds is 6. The average molecular weight is 365 g/mol. The summed E-state index contributed by atoms with van der Waals surface area (Å²) in [7, 11) is 0. The molecule has 0 aliphatic rings. The van der Waals surface area contributed by atoms with E-state index in [1.54, 1.807) is 6.20 Å². The van der Waals surface area contributed by atoms with Gasteiger partial charge in [-0.1, -0.05) is 25.7 Å². The highest BCUT2D eigenvalue weighted by atomic mass is 15.3. The normalized spacial score (nSPS) is 11.2. The van der Waals surface area contributed by atoms with E-state index in [1.165, 1.54) is 0 Å². The molecule has 0 aliphatic heterocycles. The van der Waals surface area contributed by atoms with Crippen LogP contribution in [-0.2, 0) is 0 Å². The molecule has 0 bridgehead atoms. The number of hydrogen-bond donors (Lipinski definition) is 2. The van der Waals surface area contributed by atoms with Gasteiger partial charge in [0.2, 0.25) is 5.96 Å². The third-order valence-corrected chi connectivity index (χ3v) is 4.26. The fraction of sp³-hybridized carbons (Fsp3) is 0.350. The fourth-order valence-corrected chi connectivity index (χ4v) is 2.60. The molecule has 0 spiro atoms. The second kappa shape index (κ2) is 9.55. The van der Waals surface area contributed by atoms with Crippen LogP contribution in [0.5, 0.6) is 0 Å². The fourth-order valence-electron chi connectivity index (χ4n) is 2.60. The summed E-state index contributed by atoms with van der Waals surface area (Å²) in [5, 5.41) is 12.2. The lowest BCUT2D eigenvalue weighted by molar-refractivity contribution is 0.342. The van der Waals surface area contributed by atoms with Gasteiger partial charge in [-0.15, -0.1) is 5.10 Å². The van der Waals surface area contributed by atoms with Crippen LogP contribution in [0.15, 0.2) is 40.7 Å². The molecule has 1 aromatic carbocycles. The molecule has 0 saturated heterocycles. The lowest BCUT2D eigenvalue weighted by Crippen LogP contribution is -2.22. The quantitative estimate of drug-likeness (QED) is 0.353. The van der Waals surface area contributed by atoms with E-state index in [1.807, 2.05) is 42.8 Å². The van der Waals surface area contributed by atoms with E-state index in [0.717, 1.165) is 42.1 Å². The third-order valence-electron chi connectivity index (χ3n) is 4.26. The summed E-state index contributed by atoms with van der Waals surface area (Å²) in [5.74, 6) is 6.36. The average Bonchev–Trinajstić information content (AvgIpc) is 3.05. The van der Waals surface area contributed by atoms with Crippen molar-refractivity contribution < 1.29 is 0 Å². The van der Waals surface area contributed by atoms with Crippen LogP contribution in [-0.4, -0.2) is 46.0 Å². The van der Waals surface area contributed by atoms with Gasteiger partial charge in [0.15, 0.2) is 0 Å². The van der Waals surface area contributed by atoms with Crippen LogP contribution in [0.2, 0.25) is 0 Å². The molecule has 0 amide bonds. The van der Waals surface area contributed by atoms with Gasteiger partial charge >= 0.3 is 0 Å². The maximum absolute atomic E-state index is 5.32. The molecule has 7 nitrogen and oxygen atoms in total. The molecule has 4 N–H and O–H groups in total. The molecule has 2 rings (SSSR count). The Bertz CT molecular complexity index is 871. The summed E-state index contributed by atoms with van der Waals surface area (Å²) in [6.45, 7) is 10.9. The molecular formula is C20H27N7. The zero-order valence-electron chi connectivity index (χ0n) is 16.4. The first-order valence-electron chi connectivity index (χ1n) is 8.96. The molecule has 0 aliphatic carbocycles. The summed E-state index contributed by atoms with van der Waals surface area (Å²) in [5.41, 5.74) is 15.1. The largest absolute Gasteiger partial charge is 0.369 e. The SMILES string of the molecule is CCN(CC)CC#Cc1ccc(-n2ncc(/C(C)=N/N=C(N)N)c2C)cc1. The summed E-state index contributed by atoms with van der Waals surface area (Å²) in [6, 6.07) is 8.03.